The lowest BCUT2D eigenvalue weighted by Gasteiger charge is -1.94. The Balaban J connectivity index is 2.67. The fourth-order valence-electron chi connectivity index (χ4n) is 1.49. The van der Waals surface area contributed by atoms with Crippen molar-refractivity contribution in [3.8, 4) is 0 Å². The van der Waals surface area contributed by atoms with E-state index < -0.39 is 17.6 Å². The summed E-state index contributed by atoms with van der Waals surface area (Å²) in [5.74, 6) is -1.59. The predicted molar refractivity (Wildman–Crippen MR) is 49.4 cm³/mol. The third-order valence-corrected chi connectivity index (χ3v) is 2.12. The second-order valence-corrected chi connectivity index (χ2v) is 3.20. The molecule has 0 saturated carbocycles. The smallest absolute Gasteiger partial charge is 0.274 e. The van der Waals surface area contributed by atoms with Gasteiger partial charge in [0.2, 0.25) is 5.91 Å². The number of halogens is 1. The Morgan fingerprint density at radius 1 is 1.47 bits per heavy atom. The Labute approximate surface area is 83.9 Å². The molecule has 0 bridgehead atoms. The molecule has 0 aromatic heterocycles. The second kappa shape index (κ2) is 3.27. The molecule has 1 aliphatic rings. The molecular formula is C10H7FN2O2. The zero-order valence-corrected chi connectivity index (χ0v) is 7.66. The van der Waals surface area contributed by atoms with Crippen LogP contribution in [0.15, 0.2) is 23.2 Å². The Hall–Kier alpha value is -2.04. The first kappa shape index (κ1) is 9.51. The monoisotopic (exact) mass is 206 g/mol. The lowest BCUT2D eigenvalue weighted by molar-refractivity contribution is -0.118. The molecule has 0 radical (unpaired) electrons. The minimum absolute atomic E-state index is 0.166. The molecule has 0 fully saturated rings. The number of fused-ring (bicyclic) bond motifs is 1. The number of amides is 2. The summed E-state index contributed by atoms with van der Waals surface area (Å²) >= 11 is 0. The SMILES string of the molecule is NC(=O)CC1=c2ccc(F)cc2=NC1=O. The van der Waals surface area contributed by atoms with Gasteiger partial charge in [-0.25, -0.2) is 9.38 Å². The van der Waals surface area contributed by atoms with Crippen LogP contribution in [-0.4, -0.2) is 11.8 Å². The van der Waals surface area contributed by atoms with E-state index in [2.05, 4.69) is 4.99 Å². The zero-order valence-electron chi connectivity index (χ0n) is 7.66. The number of hydrogen-bond donors (Lipinski definition) is 1. The van der Waals surface area contributed by atoms with Crippen LogP contribution in [0.3, 0.4) is 0 Å². The number of nitrogens with zero attached hydrogens (tertiary/aromatic N) is 1. The largest absolute Gasteiger partial charge is 0.369 e. The summed E-state index contributed by atoms with van der Waals surface area (Å²) in [7, 11) is 0. The van der Waals surface area contributed by atoms with E-state index in [0.717, 1.165) is 6.07 Å². The maximum absolute atomic E-state index is 12.8. The molecule has 1 aliphatic heterocycles. The van der Waals surface area contributed by atoms with Crippen molar-refractivity contribution in [2.45, 2.75) is 6.42 Å². The van der Waals surface area contributed by atoms with Gasteiger partial charge in [0.15, 0.2) is 0 Å². The number of carbonyl (C=O) groups excluding carboxylic acids is 2. The van der Waals surface area contributed by atoms with Crippen LogP contribution in [0, 0.1) is 5.82 Å². The van der Waals surface area contributed by atoms with Gasteiger partial charge in [0.1, 0.15) is 5.82 Å². The first-order valence-corrected chi connectivity index (χ1v) is 4.28. The molecule has 1 aromatic rings. The van der Waals surface area contributed by atoms with Crippen LogP contribution < -0.4 is 16.3 Å². The summed E-state index contributed by atoms with van der Waals surface area (Å²) in [4.78, 5) is 25.7. The topological polar surface area (TPSA) is 72.5 Å². The maximum Gasteiger partial charge on any atom is 0.274 e. The number of rotatable bonds is 2. The van der Waals surface area contributed by atoms with Gasteiger partial charge in [-0.05, 0) is 12.1 Å². The Morgan fingerprint density at radius 2 is 2.20 bits per heavy atom. The average Bonchev–Trinajstić information content (AvgIpc) is 2.41. The van der Waals surface area contributed by atoms with Crippen molar-refractivity contribution in [1.82, 2.24) is 0 Å². The highest BCUT2D eigenvalue weighted by Crippen LogP contribution is 2.05. The third kappa shape index (κ3) is 1.63. The van der Waals surface area contributed by atoms with E-state index in [1.807, 2.05) is 0 Å². The molecule has 0 unspecified atom stereocenters. The highest BCUT2D eigenvalue weighted by atomic mass is 19.1. The van der Waals surface area contributed by atoms with Gasteiger partial charge in [-0.15, -0.1) is 0 Å². The van der Waals surface area contributed by atoms with Gasteiger partial charge >= 0.3 is 0 Å². The number of nitrogens with two attached hydrogens (primary N) is 1. The molecule has 15 heavy (non-hydrogen) atoms. The molecule has 5 heteroatoms. The molecule has 76 valence electrons. The van der Waals surface area contributed by atoms with Crippen LogP contribution in [0.4, 0.5) is 4.39 Å². The molecule has 0 aliphatic carbocycles. The van der Waals surface area contributed by atoms with Gasteiger partial charge in [-0.2, -0.15) is 0 Å². The van der Waals surface area contributed by atoms with Gasteiger partial charge < -0.3 is 5.73 Å². The molecule has 0 saturated heterocycles. The molecule has 4 nitrogen and oxygen atoms in total. The van der Waals surface area contributed by atoms with Crippen LogP contribution in [0.5, 0.6) is 0 Å². The first-order valence-electron chi connectivity index (χ1n) is 4.28. The summed E-state index contributed by atoms with van der Waals surface area (Å²) in [6.07, 6.45) is -0.166. The number of primary amides is 1. The second-order valence-electron chi connectivity index (χ2n) is 3.20. The summed E-state index contributed by atoms with van der Waals surface area (Å²) in [6, 6.07) is 3.80. The fourth-order valence-corrected chi connectivity index (χ4v) is 1.49. The van der Waals surface area contributed by atoms with Gasteiger partial charge in [0.25, 0.3) is 5.91 Å². The van der Waals surface area contributed by atoms with Crippen LogP contribution >= 0.6 is 0 Å². The average molecular weight is 206 g/mol. The maximum atomic E-state index is 12.8. The molecule has 0 atom stereocenters. The molecule has 1 heterocycles. The normalized spacial score (nSPS) is 13.7. The molecule has 2 rings (SSSR count). The Morgan fingerprint density at radius 3 is 2.87 bits per heavy atom. The third-order valence-electron chi connectivity index (χ3n) is 2.12. The highest BCUT2D eigenvalue weighted by molar-refractivity contribution is 6.18. The number of benzene rings is 1. The van der Waals surface area contributed by atoms with Crippen molar-refractivity contribution >= 4 is 17.4 Å². The van der Waals surface area contributed by atoms with Gasteiger partial charge in [0.05, 0.1) is 11.8 Å². The summed E-state index contributed by atoms with van der Waals surface area (Å²) in [5, 5.41) is 0.747. The van der Waals surface area contributed by atoms with E-state index in [0.29, 0.717) is 5.22 Å². The number of hydrogen-bond acceptors (Lipinski definition) is 2. The van der Waals surface area contributed by atoms with E-state index >= 15 is 0 Å². The van der Waals surface area contributed by atoms with Crippen molar-refractivity contribution < 1.29 is 14.0 Å². The van der Waals surface area contributed by atoms with E-state index in [-0.39, 0.29) is 17.4 Å². The summed E-state index contributed by atoms with van der Waals surface area (Å²) in [5.41, 5.74) is 5.23. The Bertz CT molecular complexity index is 578. The quantitative estimate of drug-likeness (QED) is 0.674. The molecule has 2 amide bonds. The molecular weight excluding hydrogens is 199 g/mol. The molecule has 0 spiro atoms. The van der Waals surface area contributed by atoms with Crippen molar-refractivity contribution in [3.63, 3.8) is 0 Å². The fraction of sp³-hybridized carbons (Fsp3) is 0.100. The van der Waals surface area contributed by atoms with Crippen molar-refractivity contribution in [3.05, 3.63) is 34.6 Å². The van der Waals surface area contributed by atoms with Crippen LogP contribution in [0.25, 0.3) is 5.57 Å². The predicted octanol–water partition coefficient (Wildman–Crippen LogP) is -0.988. The lowest BCUT2D eigenvalue weighted by atomic mass is 10.1. The molecule has 2 N–H and O–H groups in total. The van der Waals surface area contributed by atoms with E-state index in [4.69, 9.17) is 5.73 Å². The minimum Gasteiger partial charge on any atom is -0.369 e. The highest BCUT2D eigenvalue weighted by Gasteiger charge is 2.18. The van der Waals surface area contributed by atoms with Crippen molar-refractivity contribution in [2.24, 2.45) is 10.7 Å². The van der Waals surface area contributed by atoms with E-state index in [1.165, 1.54) is 12.1 Å². The van der Waals surface area contributed by atoms with Gasteiger partial charge in [-0.1, -0.05) is 0 Å². The lowest BCUT2D eigenvalue weighted by Crippen LogP contribution is -2.25. The van der Waals surface area contributed by atoms with Crippen LogP contribution in [-0.2, 0) is 9.59 Å². The number of carbonyl (C=O) groups is 2. The van der Waals surface area contributed by atoms with Crippen molar-refractivity contribution in [1.29, 1.82) is 0 Å². The van der Waals surface area contributed by atoms with E-state index in [9.17, 15) is 14.0 Å². The Kier molecular flexibility index (Phi) is 2.07. The zero-order chi connectivity index (χ0) is 11.0. The van der Waals surface area contributed by atoms with Crippen LogP contribution in [0.1, 0.15) is 6.42 Å². The minimum atomic E-state index is -0.606. The van der Waals surface area contributed by atoms with Gasteiger partial charge in [-0.3, -0.25) is 9.59 Å². The van der Waals surface area contributed by atoms with Crippen molar-refractivity contribution in [2.75, 3.05) is 0 Å². The van der Waals surface area contributed by atoms with E-state index in [1.54, 1.807) is 0 Å². The molecule has 1 aromatic carbocycles. The summed E-state index contributed by atoms with van der Waals surface area (Å²) < 4.78 is 12.8. The van der Waals surface area contributed by atoms with Crippen LogP contribution in [0.2, 0.25) is 0 Å². The van der Waals surface area contributed by atoms with Gasteiger partial charge in [0, 0.05) is 16.9 Å². The summed E-state index contributed by atoms with van der Waals surface area (Å²) in [6.45, 7) is 0. The standard InChI is InChI=1S/C10H7FN2O2/c11-5-1-2-6-7(4-9(12)14)10(15)13-8(6)3-5/h1-3H,4H2,(H2,12,14). The first-order chi connectivity index (χ1) is 7.08.